The van der Waals surface area contributed by atoms with E-state index in [4.69, 9.17) is 22.1 Å². The number of rotatable bonds is 4. The van der Waals surface area contributed by atoms with E-state index in [-0.39, 0.29) is 49.6 Å². The van der Waals surface area contributed by atoms with Gasteiger partial charge in [-0.3, -0.25) is 0 Å². The normalized spacial score (nSPS) is 12.6. The molecule has 1 rings (SSSR count). The molecular formula is C8H10ClN4O3Re-. The second kappa shape index (κ2) is 8.33. The van der Waals surface area contributed by atoms with Crippen molar-refractivity contribution >= 4 is 17.4 Å². The molecule has 9 heteroatoms. The Hall–Kier alpha value is -0.778. The fraction of sp³-hybridized carbons (Fsp3) is 0.375. The molecule has 1 aromatic rings. The predicted molar refractivity (Wildman–Crippen MR) is 55.8 cm³/mol. The van der Waals surface area contributed by atoms with E-state index in [0.717, 1.165) is 0 Å². The largest absolute Gasteiger partial charge is 0.381 e. The first-order valence-corrected chi connectivity index (χ1v) is 4.85. The number of aromatic nitrogens is 2. The van der Waals surface area contributed by atoms with Crippen LogP contribution in [0.5, 0.6) is 5.88 Å². The van der Waals surface area contributed by atoms with Crippen LogP contribution < -0.4 is 10.4 Å². The number of aliphatic imine (C=N–C) groups is 1. The first-order valence-electron chi connectivity index (χ1n) is 4.32. The van der Waals surface area contributed by atoms with Crippen LogP contribution in [0.2, 0.25) is 0 Å². The van der Waals surface area contributed by atoms with E-state index in [0.29, 0.717) is 0 Å². The van der Waals surface area contributed by atoms with Gasteiger partial charge in [-0.25, -0.2) is 5.26 Å². The molecule has 3 N–H and O–H groups in total. The smallest absolute Gasteiger partial charge is 0.171 e. The summed E-state index contributed by atoms with van der Waals surface area (Å²) >= 11 is 5.58. The van der Waals surface area contributed by atoms with Gasteiger partial charge in [-0.1, -0.05) is 5.56 Å². The summed E-state index contributed by atoms with van der Waals surface area (Å²) in [5, 5.41) is 24.4. The SMILES string of the molecule is CC(CCl)N=C(NO)c1[c-]cnnc1OO.[Re]. The number of amidine groups is 1. The summed E-state index contributed by atoms with van der Waals surface area (Å²) in [7, 11) is 0. The topological polar surface area (TPSA) is 99.9 Å². The number of hydrogen-bond acceptors (Lipinski definition) is 6. The Morgan fingerprint density at radius 2 is 2.47 bits per heavy atom. The molecule has 0 aliphatic carbocycles. The van der Waals surface area contributed by atoms with Gasteiger partial charge in [0.15, 0.2) is 5.88 Å². The van der Waals surface area contributed by atoms with Crippen molar-refractivity contribution in [2.45, 2.75) is 13.0 Å². The molecule has 0 aromatic carbocycles. The van der Waals surface area contributed by atoms with E-state index >= 15 is 0 Å². The number of hydrogen-bond donors (Lipinski definition) is 3. The van der Waals surface area contributed by atoms with Crippen molar-refractivity contribution in [1.29, 1.82) is 0 Å². The summed E-state index contributed by atoms with van der Waals surface area (Å²) in [5.41, 5.74) is 2.01. The van der Waals surface area contributed by atoms with Crippen molar-refractivity contribution in [2.24, 2.45) is 4.99 Å². The predicted octanol–water partition coefficient (Wildman–Crippen LogP) is 0.479. The maximum Gasteiger partial charge on any atom is 0.171 e. The van der Waals surface area contributed by atoms with Gasteiger partial charge in [-0.15, -0.1) is 17.7 Å². The van der Waals surface area contributed by atoms with E-state index < -0.39 is 0 Å². The fourth-order valence-electron chi connectivity index (χ4n) is 0.924. The Labute approximate surface area is 116 Å². The molecule has 0 saturated heterocycles. The van der Waals surface area contributed by atoms with E-state index in [1.54, 1.807) is 6.92 Å². The van der Waals surface area contributed by atoms with Gasteiger partial charge < -0.3 is 20.6 Å². The molecule has 0 fully saturated rings. The average molecular weight is 432 g/mol. The van der Waals surface area contributed by atoms with Crippen LogP contribution in [0, 0.1) is 6.07 Å². The van der Waals surface area contributed by atoms with Gasteiger partial charge in [-0.2, -0.15) is 10.2 Å². The molecule has 0 aliphatic rings. The number of nitrogens with one attached hydrogen (secondary N) is 1. The van der Waals surface area contributed by atoms with Crippen molar-refractivity contribution in [1.82, 2.24) is 15.7 Å². The summed E-state index contributed by atoms with van der Waals surface area (Å²) in [6.07, 6.45) is 1.25. The molecule has 0 bridgehead atoms. The number of halogens is 1. The minimum Gasteiger partial charge on any atom is -0.381 e. The molecule has 1 unspecified atom stereocenters. The van der Waals surface area contributed by atoms with Gasteiger partial charge in [0.1, 0.15) is 0 Å². The molecule has 7 nitrogen and oxygen atoms in total. The molecule has 0 saturated carbocycles. The summed E-state index contributed by atoms with van der Waals surface area (Å²) in [6, 6.07) is 2.38. The monoisotopic (exact) mass is 432 g/mol. The maximum atomic E-state index is 8.91. The Kier molecular flexibility index (Phi) is 7.95. The van der Waals surface area contributed by atoms with Crippen molar-refractivity contribution in [3.8, 4) is 5.88 Å². The second-order valence-electron chi connectivity index (χ2n) is 2.85. The Morgan fingerprint density at radius 1 is 1.76 bits per heavy atom. The third kappa shape index (κ3) is 4.54. The molecule has 0 amide bonds. The Bertz CT molecular complexity index is 380. The van der Waals surface area contributed by atoms with Crippen molar-refractivity contribution in [2.75, 3.05) is 5.88 Å². The summed E-state index contributed by atoms with van der Waals surface area (Å²) < 4.78 is 0. The summed E-state index contributed by atoms with van der Waals surface area (Å²) in [5.74, 6) is 0.0932. The molecule has 0 aliphatic heterocycles. The Balaban J connectivity index is 0.00000256. The van der Waals surface area contributed by atoms with Crippen LogP contribution in [-0.2, 0) is 20.4 Å². The molecular weight excluding hydrogens is 422 g/mol. The van der Waals surface area contributed by atoms with Crippen LogP contribution in [0.15, 0.2) is 11.2 Å². The summed E-state index contributed by atoms with van der Waals surface area (Å²) in [4.78, 5) is 8.00. The molecule has 1 aromatic heterocycles. The molecule has 0 spiro atoms. The van der Waals surface area contributed by atoms with Crippen molar-refractivity contribution < 1.29 is 35.8 Å². The number of alkyl halides is 1. The second-order valence-corrected chi connectivity index (χ2v) is 3.16. The van der Waals surface area contributed by atoms with E-state index in [1.165, 1.54) is 6.20 Å². The molecule has 95 valence electrons. The molecule has 1 heterocycles. The van der Waals surface area contributed by atoms with Gasteiger partial charge in [0.05, 0.1) is 0 Å². The Morgan fingerprint density at radius 3 is 3.00 bits per heavy atom. The van der Waals surface area contributed by atoms with Crippen LogP contribution in [-0.4, -0.2) is 38.4 Å². The van der Waals surface area contributed by atoms with Crippen LogP contribution >= 0.6 is 11.6 Å². The van der Waals surface area contributed by atoms with Crippen LogP contribution in [0.1, 0.15) is 12.5 Å². The van der Waals surface area contributed by atoms with E-state index in [2.05, 4.69) is 26.1 Å². The van der Waals surface area contributed by atoms with Crippen LogP contribution in [0.3, 0.4) is 0 Å². The maximum absolute atomic E-state index is 8.91. The first kappa shape index (κ1) is 16.2. The standard InChI is InChI=1S/C8H10ClN4O3.Re/c1-5(4-9)11-7(13-14)6-2-3-10-12-8(6)16-15;/h3,5,14-15H,4H2,1H3,(H,11,13);/q-1;. The number of hydroxylamine groups is 1. The third-order valence-electron chi connectivity index (χ3n) is 1.63. The molecule has 17 heavy (non-hydrogen) atoms. The minimum atomic E-state index is -0.232. The molecule has 1 radical (unpaired) electrons. The molecule has 1 atom stereocenters. The van der Waals surface area contributed by atoms with Gasteiger partial charge >= 0.3 is 0 Å². The van der Waals surface area contributed by atoms with Crippen LogP contribution in [0.25, 0.3) is 0 Å². The zero-order valence-corrected chi connectivity index (χ0v) is 12.2. The van der Waals surface area contributed by atoms with Crippen molar-refractivity contribution in [3.63, 3.8) is 0 Å². The van der Waals surface area contributed by atoms with Crippen molar-refractivity contribution in [3.05, 3.63) is 17.8 Å². The fourth-order valence-corrected chi connectivity index (χ4v) is 0.993. The minimum absolute atomic E-state index is 0. The quantitative estimate of drug-likeness (QED) is 0.160. The average Bonchev–Trinajstić information content (AvgIpc) is 2.35. The van der Waals surface area contributed by atoms with Gasteiger partial charge in [0.2, 0.25) is 0 Å². The summed E-state index contributed by atoms with van der Waals surface area (Å²) in [6.45, 7) is 1.75. The number of nitrogens with zero attached hydrogens (tertiary/aromatic N) is 3. The van der Waals surface area contributed by atoms with Gasteiger partial charge in [0.25, 0.3) is 0 Å². The zero-order chi connectivity index (χ0) is 12.0. The van der Waals surface area contributed by atoms with Crippen LogP contribution in [0.4, 0.5) is 0 Å². The third-order valence-corrected chi connectivity index (χ3v) is 2.08. The van der Waals surface area contributed by atoms with E-state index in [1.807, 2.05) is 5.48 Å². The van der Waals surface area contributed by atoms with Gasteiger partial charge in [-0.05, 0) is 13.1 Å². The van der Waals surface area contributed by atoms with Gasteiger partial charge in [0, 0.05) is 38.2 Å². The van der Waals surface area contributed by atoms with E-state index in [9.17, 15) is 0 Å². The first-order chi connectivity index (χ1) is 7.72. The zero-order valence-electron chi connectivity index (χ0n) is 8.76.